The van der Waals surface area contributed by atoms with Gasteiger partial charge in [-0.2, -0.15) is 4.37 Å². The predicted molar refractivity (Wildman–Crippen MR) is 61.3 cm³/mol. The van der Waals surface area contributed by atoms with Crippen molar-refractivity contribution in [1.82, 2.24) is 9.36 Å². The number of hydrogen-bond donors (Lipinski definition) is 1. The molecule has 2 heterocycles. The molecule has 1 unspecified atom stereocenters. The first-order chi connectivity index (χ1) is 7.38. The molecule has 0 amide bonds. The van der Waals surface area contributed by atoms with Crippen molar-refractivity contribution in [3.05, 3.63) is 5.82 Å². The van der Waals surface area contributed by atoms with E-state index in [1.807, 2.05) is 0 Å². The molecule has 0 saturated carbocycles. The van der Waals surface area contributed by atoms with Crippen LogP contribution < -0.4 is 5.32 Å². The average molecular weight is 227 g/mol. The van der Waals surface area contributed by atoms with Crippen LogP contribution in [0.5, 0.6) is 0 Å². The van der Waals surface area contributed by atoms with E-state index < -0.39 is 0 Å². The highest BCUT2D eigenvalue weighted by atomic mass is 32.1. The van der Waals surface area contributed by atoms with Crippen LogP contribution in [0.1, 0.15) is 25.6 Å². The standard InChI is InChI=1S/C10H17N3OS/c1-2-3-9-12-10(15-13-9)11-6-8-4-5-14-7-8/h8H,2-7H2,1H3,(H,11,12,13). The third-order valence-electron chi connectivity index (χ3n) is 2.51. The summed E-state index contributed by atoms with van der Waals surface area (Å²) < 4.78 is 9.60. The van der Waals surface area contributed by atoms with E-state index in [1.165, 1.54) is 11.5 Å². The van der Waals surface area contributed by atoms with Crippen LogP contribution in [0.4, 0.5) is 5.13 Å². The van der Waals surface area contributed by atoms with Gasteiger partial charge in [-0.3, -0.25) is 0 Å². The van der Waals surface area contributed by atoms with Crippen molar-refractivity contribution in [2.45, 2.75) is 26.2 Å². The van der Waals surface area contributed by atoms with Gasteiger partial charge >= 0.3 is 0 Å². The molecule has 4 nitrogen and oxygen atoms in total. The lowest BCUT2D eigenvalue weighted by atomic mass is 10.1. The average Bonchev–Trinajstić information content (AvgIpc) is 2.85. The van der Waals surface area contributed by atoms with Crippen molar-refractivity contribution in [3.8, 4) is 0 Å². The van der Waals surface area contributed by atoms with Gasteiger partial charge in [0.25, 0.3) is 0 Å². The molecule has 84 valence electrons. The topological polar surface area (TPSA) is 47.0 Å². The molecule has 0 bridgehead atoms. The Hall–Kier alpha value is -0.680. The van der Waals surface area contributed by atoms with Crippen LogP contribution in [0.15, 0.2) is 0 Å². The highest BCUT2D eigenvalue weighted by molar-refractivity contribution is 7.09. The maximum Gasteiger partial charge on any atom is 0.202 e. The molecule has 15 heavy (non-hydrogen) atoms. The van der Waals surface area contributed by atoms with E-state index in [1.54, 1.807) is 0 Å². The minimum Gasteiger partial charge on any atom is -0.381 e. The minimum absolute atomic E-state index is 0.642. The van der Waals surface area contributed by atoms with Gasteiger partial charge in [0, 0.05) is 37.0 Å². The van der Waals surface area contributed by atoms with Gasteiger partial charge in [0.2, 0.25) is 5.13 Å². The van der Waals surface area contributed by atoms with Crippen LogP contribution in [0, 0.1) is 5.92 Å². The fourth-order valence-electron chi connectivity index (χ4n) is 1.63. The summed E-state index contributed by atoms with van der Waals surface area (Å²) in [5, 5.41) is 4.28. The molecule has 5 heteroatoms. The van der Waals surface area contributed by atoms with Crippen molar-refractivity contribution in [1.29, 1.82) is 0 Å². The first-order valence-corrected chi connectivity index (χ1v) is 6.30. The molecule has 1 fully saturated rings. The first-order valence-electron chi connectivity index (χ1n) is 5.52. The smallest absolute Gasteiger partial charge is 0.202 e. The number of aromatic nitrogens is 2. The molecule has 0 radical (unpaired) electrons. The van der Waals surface area contributed by atoms with E-state index in [0.29, 0.717) is 5.92 Å². The largest absolute Gasteiger partial charge is 0.381 e. The van der Waals surface area contributed by atoms with E-state index in [4.69, 9.17) is 4.74 Å². The Bertz CT molecular complexity index is 297. The number of nitrogens with one attached hydrogen (secondary N) is 1. The lowest BCUT2D eigenvalue weighted by molar-refractivity contribution is 0.187. The van der Waals surface area contributed by atoms with Crippen molar-refractivity contribution < 1.29 is 4.74 Å². The van der Waals surface area contributed by atoms with Gasteiger partial charge in [-0.05, 0) is 12.8 Å². The molecule has 1 aromatic heterocycles. The number of ether oxygens (including phenoxy) is 1. The van der Waals surface area contributed by atoms with Crippen LogP contribution in [0.3, 0.4) is 0 Å². The van der Waals surface area contributed by atoms with Gasteiger partial charge in [-0.25, -0.2) is 4.98 Å². The second kappa shape index (κ2) is 5.42. The minimum atomic E-state index is 0.642. The van der Waals surface area contributed by atoms with Gasteiger partial charge in [-0.1, -0.05) is 6.92 Å². The van der Waals surface area contributed by atoms with Crippen molar-refractivity contribution >= 4 is 16.7 Å². The normalized spacial score (nSPS) is 20.7. The van der Waals surface area contributed by atoms with Gasteiger partial charge in [-0.15, -0.1) is 0 Å². The van der Waals surface area contributed by atoms with Crippen LogP contribution in [-0.2, 0) is 11.2 Å². The van der Waals surface area contributed by atoms with E-state index in [0.717, 1.165) is 50.0 Å². The van der Waals surface area contributed by atoms with Gasteiger partial charge in [0.05, 0.1) is 6.61 Å². The molecule has 2 rings (SSSR count). The zero-order chi connectivity index (χ0) is 10.5. The molecule has 1 saturated heterocycles. The van der Waals surface area contributed by atoms with Crippen LogP contribution >= 0.6 is 11.5 Å². The van der Waals surface area contributed by atoms with Gasteiger partial charge < -0.3 is 10.1 Å². The van der Waals surface area contributed by atoms with E-state index >= 15 is 0 Å². The van der Waals surface area contributed by atoms with Crippen molar-refractivity contribution in [2.24, 2.45) is 5.92 Å². The van der Waals surface area contributed by atoms with E-state index in [9.17, 15) is 0 Å². The molecule has 0 aliphatic carbocycles. The summed E-state index contributed by atoms with van der Waals surface area (Å²) in [6, 6.07) is 0. The number of rotatable bonds is 5. The molecular formula is C10H17N3OS. The van der Waals surface area contributed by atoms with Crippen LogP contribution in [0.2, 0.25) is 0 Å². The third-order valence-corrected chi connectivity index (χ3v) is 3.22. The zero-order valence-corrected chi connectivity index (χ0v) is 9.85. The zero-order valence-electron chi connectivity index (χ0n) is 9.03. The maximum atomic E-state index is 5.32. The summed E-state index contributed by atoms with van der Waals surface area (Å²) in [6.07, 6.45) is 3.24. The lowest BCUT2D eigenvalue weighted by Crippen LogP contribution is -2.13. The number of aryl methyl sites for hydroxylation is 1. The molecule has 1 aliphatic heterocycles. The van der Waals surface area contributed by atoms with Gasteiger partial charge in [0.15, 0.2) is 0 Å². The van der Waals surface area contributed by atoms with Crippen molar-refractivity contribution in [2.75, 3.05) is 25.1 Å². The Morgan fingerprint density at radius 3 is 3.27 bits per heavy atom. The molecular weight excluding hydrogens is 210 g/mol. The highest BCUT2D eigenvalue weighted by Crippen LogP contribution is 2.16. The van der Waals surface area contributed by atoms with E-state index in [-0.39, 0.29) is 0 Å². The van der Waals surface area contributed by atoms with Crippen molar-refractivity contribution in [3.63, 3.8) is 0 Å². The fraction of sp³-hybridized carbons (Fsp3) is 0.800. The summed E-state index contributed by atoms with van der Waals surface area (Å²) in [6.45, 7) is 4.89. The number of nitrogens with zero attached hydrogens (tertiary/aromatic N) is 2. The summed E-state index contributed by atoms with van der Waals surface area (Å²) in [7, 11) is 0. The Kier molecular flexibility index (Phi) is 3.91. The highest BCUT2D eigenvalue weighted by Gasteiger charge is 2.15. The second-order valence-corrected chi connectivity index (χ2v) is 4.63. The predicted octanol–water partition coefficient (Wildman–Crippen LogP) is 1.94. The third kappa shape index (κ3) is 3.14. The molecule has 1 N–H and O–H groups in total. The van der Waals surface area contributed by atoms with E-state index in [2.05, 4.69) is 21.6 Å². The molecule has 1 aromatic rings. The molecule has 0 spiro atoms. The Labute approximate surface area is 94.2 Å². The van der Waals surface area contributed by atoms with Crippen LogP contribution in [-0.4, -0.2) is 29.1 Å². The Morgan fingerprint density at radius 2 is 2.53 bits per heavy atom. The Balaban J connectivity index is 1.77. The summed E-state index contributed by atoms with van der Waals surface area (Å²) >= 11 is 1.46. The molecule has 0 aromatic carbocycles. The molecule has 1 aliphatic rings. The Morgan fingerprint density at radius 1 is 1.60 bits per heavy atom. The lowest BCUT2D eigenvalue weighted by Gasteiger charge is -2.06. The summed E-state index contributed by atoms with van der Waals surface area (Å²) in [5.74, 6) is 1.61. The fourth-order valence-corrected chi connectivity index (χ4v) is 2.24. The number of anilines is 1. The summed E-state index contributed by atoms with van der Waals surface area (Å²) in [4.78, 5) is 4.42. The quantitative estimate of drug-likeness (QED) is 0.835. The first kappa shape index (κ1) is 10.8. The number of hydrogen-bond acceptors (Lipinski definition) is 5. The maximum absolute atomic E-state index is 5.32. The second-order valence-electron chi connectivity index (χ2n) is 3.88. The molecule has 1 atom stereocenters. The van der Waals surface area contributed by atoms with Crippen LogP contribution in [0.25, 0.3) is 0 Å². The summed E-state index contributed by atoms with van der Waals surface area (Å²) in [5.41, 5.74) is 0. The monoisotopic (exact) mass is 227 g/mol. The van der Waals surface area contributed by atoms with Gasteiger partial charge in [0.1, 0.15) is 5.82 Å². The SMILES string of the molecule is CCCc1nsc(NCC2CCOC2)n1.